The molecule has 0 saturated heterocycles. The summed E-state index contributed by atoms with van der Waals surface area (Å²) in [4.78, 5) is 2.38. The summed E-state index contributed by atoms with van der Waals surface area (Å²) in [6.07, 6.45) is 2.21. The monoisotopic (exact) mass is 707 g/mol. The molecule has 3 aromatic heterocycles. The average molecular weight is 708 g/mol. The van der Waals surface area contributed by atoms with Crippen LogP contribution in [0.15, 0.2) is 200 Å². The molecule has 3 nitrogen and oxygen atoms in total. The van der Waals surface area contributed by atoms with Gasteiger partial charge in [-0.2, -0.15) is 0 Å². The van der Waals surface area contributed by atoms with Crippen LogP contribution in [0.2, 0.25) is 0 Å². The number of anilines is 3. The third kappa shape index (κ3) is 4.88. The SMILES string of the molecule is c1ccc(-c2ccc(N(c3ccc(-n4ccc5ccc6c(c7ccccc7n6-c6ccccc6)c54)cc3)c3ccc4sc5ccccc5c4c3)cc2)cc1. The normalized spacial score (nSPS) is 11.7. The zero-order valence-electron chi connectivity index (χ0n) is 29.3. The van der Waals surface area contributed by atoms with Gasteiger partial charge in [0, 0.05) is 71.0 Å². The molecule has 0 amide bonds. The van der Waals surface area contributed by atoms with E-state index in [1.165, 1.54) is 64.0 Å². The van der Waals surface area contributed by atoms with Gasteiger partial charge in [0.25, 0.3) is 0 Å². The smallest absolute Gasteiger partial charge is 0.0628 e. The summed E-state index contributed by atoms with van der Waals surface area (Å²) in [6, 6.07) is 70.4. The number of nitrogens with zero attached hydrogens (tertiary/aromatic N) is 3. The van der Waals surface area contributed by atoms with Crippen molar-refractivity contribution in [1.29, 1.82) is 0 Å². The van der Waals surface area contributed by atoms with Crippen LogP contribution >= 0.6 is 11.3 Å². The molecule has 0 radical (unpaired) electrons. The molecule has 0 spiro atoms. The molecule has 0 aliphatic carbocycles. The fraction of sp³-hybridized carbons (Fsp3) is 0. The molecule has 0 saturated carbocycles. The van der Waals surface area contributed by atoms with Gasteiger partial charge in [0.15, 0.2) is 0 Å². The summed E-state index contributed by atoms with van der Waals surface area (Å²) in [5, 5.41) is 6.32. The highest BCUT2D eigenvalue weighted by Crippen LogP contribution is 2.42. The van der Waals surface area contributed by atoms with Gasteiger partial charge in [-0.25, -0.2) is 0 Å². The van der Waals surface area contributed by atoms with Gasteiger partial charge >= 0.3 is 0 Å². The van der Waals surface area contributed by atoms with Crippen LogP contribution in [-0.2, 0) is 0 Å². The van der Waals surface area contributed by atoms with Crippen LogP contribution in [0.3, 0.4) is 0 Å². The van der Waals surface area contributed by atoms with E-state index in [0.717, 1.165) is 28.4 Å². The van der Waals surface area contributed by atoms with Crippen molar-refractivity contribution >= 4 is 81.3 Å². The Labute approximate surface area is 316 Å². The average Bonchev–Trinajstić information content (AvgIpc) is 3.94. The van der Waals surface area contributed by atoms with Crippen LogP contribution in [0.1, 0.15) is 0 Å². The van der Waals surface area contributed by atoms with E-state index in [1.807, 2.05) is 11.3 Å². The van der Waals surface area contributed by atoms with Crippen LogP contribution in [0.4, 0.5) is 17.1 Å². The van der Waals surface area contributed by atoms with Crippen molar-refractivity contribution in [3.63, 3.8) is 0 Å². The molecule has 54 heavy (non-hydrogen) atoms. The van der Waals surface area contributed by atoms with Gasteiger partial charge in [-0.15, -0.1) is 11.3 Å². The van der Waals surface area contributed by atoms with Gasteiger partial charge < -0.3 is 14.0 Å². The molecule has 11 rings (SSSR count). The van der Waals surface area contributed by atoms with E-state index in [9.17, 15) is 0 Å². The minimum absolute atomic E-state index is 1.10. The first-order chi connectivity index (χ1) is 26.8. The van der Waals surface area contributed by atoms with Crippen molar-refractivity contribution in [2.45, 2.75) is 0 Å². The van der Waals surface area contributed by atoms with E-state index in [1.54, 1.807) is 0 Å². The van der Waals surface area contributed by atoms with Gasteiger partial charge in [-0.05, 0) is 102 Å². The lowest BCUT2D eigenvalue weighted by Crippen LogP contribution is -2.10. The molecule has 0 fully saturated rings. The van der Waals surface area contributed by atoms with Crippen molar-refractivity contribution in [3.8, 4) is 22.5 Å². The molecule has 0 N–H and O–H groups in total. The van der Waals surface area contributed by atoms with Crippen LogP contribution in [-0.4, -0.2) is 9.13 Å². The lowest BCUT2D eigenvalue weighted by atomic mass is 10.0. The number of fused-ring (bicyclic) bond motifs is 8. The summed E-state index contributed by atoms with van der Waals surface area (Å²) in [5.74, 6) is 0. The Balaban J connectivity index is 1.06. The van der Waals surface area contributed by atoms with Crippen molar-refractivity contribution in [2.24, 2.45) is 0 Å². The Morgan fingerprint density at radius 2 is 1.04 bits per heavy atom. The minimum atomic E-state index is 1.10. The van der Waals surface area contributed by atoms with Gasteiger partial charge in [0.1, 0.15) is 0 Å². The third-order valence-corrected chi connectivity index (χ3v) is 11.9. The van der Waals surface area contributed by atoms with E-state index in [-0.39, 0.29) is 0 Å². The van der Waals surface area contributed by atoms with Crippen molar-refractivity contribution in [1.82, 2.24) is 9.13 Å². The summed E-state index contributed by atoms with van der Waals surface area (Å²) in [6.45, 7) is 0. The molecule has 4 heteroatoms. The lowest BCUT2D eigenvalue weighted by Gasteiger charge is -2.26. The summed E-state index contributed by atoms with van der Waals surface area (Å²) in [7, 11) is 0. The van der Waals surface area contributed by atoms with Crippen LogP contribution in [0, 0.1) is 0 Å². The van der Waals surface area contributed by atoms with E-state index in [0.29, 0.717) is 0 Å². The minimum Gasteiger partial charge on any atom is -0.316 e. The Bertz CT molecular complexity index is 3130. The maximum Gasteiger partial charge on any atom is 0.0628 e. The van der Waals surface area contributed by atoms with Crippen molar-refractivity contribution in [2.75, 3.05) is 4.90 Å². The van der Waals surface area contributed by atoms with E-state index in [2.05, 4.69) is 214 Å². The predicted octanol–water partition coefficient (Wildman–Crippen LogP) is 14.2. The number of thiophene rings is 1. The van der Waals surface area contributed by atoms with Crippen LogP contribution < -0.4 is 4.90 Å². The molecule has 254 valence electrons. The third-order valence-electron chi connectivity index (χ3n) is 10.7. The lowest BCUT2D eigenvalue weighted by molar-refractivity contribution is 1.13. The topological polar surface area (TPSA) is 13.1 Å². The maximum absolute atomic E-state index is 2.39. The van der Waals surface area contributed by atoms with Crippen molar-refractivity contribution < 1.29 is 0 Å². The number of hydrogen-bond donors (Lipinski definition) is 0. The van der Waals surface area contributed by atoms with Crippen LogP contribution in [0.5, 0.6) is 0 Å². The fourth-order valence-corrected chi connectivity index (χ4v) is 9.33. The van der Waals surface area contributed by atoms with E-state index >= 15 is 0 Å². The molecule has 0 unspecified atom stereocenters. The Kier molecular flexibility index (Phi) is 7.04. The molecule has 0 bridgehead atoms. The number of aromatic nitrogens is 2. The molecule has 0 aliphatic rings. The number of benzene rings is 8. The molecule has 0 aliphatic heterocycles. The number of para-hydroxylation sites is 2. The molecule has 11 aromatic rings. The van der Waals surface area contributed by atoms with Gasteiger partial charge in [-0.1, -0.05) is 103 Å². The fourth-order valence-electron chi connectivity index (χ4n) is 8.25. The standard InChI is InChI=1S/C50H33N3S/c1-3-11-34(12-4-1)35-19-22-39(23-20-35)52(41-28-30-48-44(33-41)42-15-8-10-18-47(42)54-48)40-26-24-37(25-27-40)51-32-31-36-21-29-46-49(50(36)51)43-16-7-9-17-45(43)53(46)38-13-5-2-6-14-38/h1-33H. The van der Waals surface area contributed by atoms with Gasteiger partial charge in [-0.3, -0.25) is 0 Å². The Hall–Kier alpha value is -6.88. The van der Waals surface area contributed by atoms with Gasteiger partial charge in [0.05, 0.1) is 16.6 Å². The summed E-state index contributed by atoms with van der Waals surface area (Å²) in [5.41, 5.74) is 11.7. The summed E-state index contributed by atoms with van der Waals surface area (Å²) < 4.78 is 7.35. The summed E-state index contributed by atoms with van der Waals surface area (Å²) >= 11 is 1.85. The second-order valence-electron chi connectivity index (χ2n) is 13.8. The number of hydrogen-bond acceptors (Lipinski definition) is 2. The highest BCUT2D eigenvalue weighted by Gasteiger charge is 2.19. The van der Waals surface area contributed by atoms with Crippen molar-refractivity contribution in [3.05, 3.63) is 200 Å². The first kappa shape index (κ1) is 30.7. The first-order valence-corrected chi connectivity index (χ1v) is 19.2. The quantitative estimate of drug-likeness (QED) is 0.168. The molecule has 3 heterocycles. The molecular formula is C50H33N3S. The predicted molar refractivity (Wildman–Crippen MR) is 231 cm³/mol. The van der Waals surface area contributed by atoms with Crippen LogP contribution in [0.25, 0.3) is 75.4 Å². The second kappa shape index (κ2) is 12.4. The zero-order valence-corrected chi connectivity index (χ0v) is 30.1. The van der Waals surface area contributed by atoms with Gasteiger partial charge in [0.2, 0.25) is 0 Å². The largest absolute Gasteiger partial charge is 0.316 e. The zero-order chi connectivity index (χ0) is 35.6. The number of rotatable bonds is 6. The van der Waals surface area contributed by atoms with E-state index < -0.39 is 0 Å². The molecule has 0 atom stereocenters. The Morgan fingerprint density at radius 1 is 0.407 bits per heavy atom. The van der Waals surface area contributed by atoms with E-state index in [4.69, 9.17) is 0 Å². The highest BCUT2D eigenvalue weighted by molar-refractivity contribution is 7.25. The molecule has 8 aromatic carbocycles. The first-order valence-electron chi connectivity index (χ1n) is 18.3. The maximum atomic E-state index is 2.39. The second-order valence-corrected chi connectivity index (χ2v) is 14.9. The highest BCUT2D eigenvalue weighted by atomic mass is 32.1. The molecular weight excluding hydrogens is 675 g/mol. The Morgan fingerprint density at radius 3 is 1.83 bits per heavy atom.